The van der Waals surface area contributed by atoms with Gasteiger partial charge in [-0.2, -0.15) is 8.61 Å². The van der Waals surface area contributed by atoms with E-state index in [1.165, 1.54) is 11.5 Å². The molecule has 0 unspecified atom stereocenters. The van der Waals surface area contributed by atoms with Gasteiger partial charge in [-0.1, -0.05) is 23.7 Å². The quantitative estimate of drug-likeness (QED) is 0.275. The molecule has 17 heteroatoms. The van der Waals surface area contributed by atoms with Crippen LogP contribution in [0.2, 0.25) is 5.02 Å². The van der Waals surface area contributed by atoms with Crippen molar-refractivity contribution in [3.8, 4) is 10.4 Å². The molecule has 1 aromatic heterocycles. The van der Waals surface area contributed by atoms with Crippen LogP contribution < -0.4 is 10.2 Å². The molecule has 0 radical (unpaired) electrons. The number of halogens is 1. The summed E-state index contributed by atoms with van der Waals surface area (Å²) in [6.45, 7) is -1.56. The van der Waals surface area contributed by atoms with E-state index in [-0.39, 0.29) is 23.8 Å². The minimum absolute atomic E-state index is 0.0631. The van der Waals surface area contributed by atoms with E-state index in [4.69, 9.17) is 16.8 Å². The van der Waals surface area contributed by atoms with E-state index in [9.17, 15) is 30.0 Å². The molecule has 1 amide bonds. The standard InChI is InChI=1S/C18H23ClN4O8S4/c1-33(26,27)20-8-11-34(28,29)22-9-10-23(15(12-22)18(24)21-25)35(30,31)17-7-6-16(32-17)13-2-4-14(19)5-3-13/h2-7,15,20,25H,8-12H2,1H3,(H,21,24)/t15-/m1/s1. The van der Waals surface area contributed by atoms with E-state index in [1.54, 1.807) is 30.3 Å². The number of benzene rings is 1. The molecule has 0 bridgehead atoms. The Bertz CT molecular complexity index is 1390. The van der Waals surface area contributed by atoms with E-state index in [0.29, 0.717) is 9.90 Å². The van der Waals surface area contributed by atoms with Crippen LogP contribution in [0.1, 0.15) is 0 Å². The lowest BCUT2D eigenvalue weighted by molar-refractivity contribution is -0.134. The fraction of sp³-hybridized carbons (Fsp3) is 0.389. The second-order valence-electron chi connectivity index (χ2n) is 7.57. The highest BCUT2D eigenvalue weighted by molar-refractivity contribution is 7.91. The van der Waals surface area contributed by atoms with Crippen molar-refractivity contribution >= 4 is 58.9 Å². The van der Waals surface area contributed by atoms with Gasteiger partial charge in [0.15, 0.2) is 0 Å². The zero-order chi connectivity index (χ0) is 26.0. The number of thiophene rings is 1. The summed E-state index contributed by atoms with van der Waals surface area (Å²) in [7, 11) is -11.9. The van der Waals surface area contributed by atoms with Gasteiger partial charge in [0.1, 0.15) is 10.3 Å². The van der Waals surface area contributed by atoms with Crippen LogP contribution in [-0.4, -0.2) is 89.2 Å². The van der Waals surface area contributed by atoms with Gasteiger partial charge in [-0.25, -0.2) is 35.5 Å². The highest BCUT2D eigenvalue weighted by Gasteiger charge is 2.43. The van der Waals surface area contributed by atoms with Crippen molar-refractivity contribution in [3.05, 3.63) is 41.4 Å². The van der Waals surface area contributed by atoms with E-state index < -0.39 is 54.3 Å². The molecule has 1 fully saturated rings. The van der Waals surface area contributed by atoms with Gasteiger partial charge in [0, 0.05) is 36.1 Å². The number of hydrogen-bond donors (Lipinski definition) is 3. The van der Waals surface area contributed by atoms with Crippen LogP contribution in [0, 0.1) is 0 Å². The molecule has 1 saturated heterocycles. The van der Waals surface area contributed by atoms with Crippen LogP contribution in [0.5, 0.6) is 0 Å². The monoisotopic (exact) mass is 586 g/mol. The Hall–Kier alpha value is -1.63. The van der Waals surface area contributed by atoms with E-state index in [2.05, 4.69) is 4.72 Å². The number of nitrogens with one attached hydrogen (secondary N) is 2. The van der Waals surface area contributed by atoms with Gasteiger partial charge >= 0.3 is 0 Å². The zero-order valence-corrected chi connectivity index (χ0v) is 22.3. The van der Waals surface area contributed by atoms with E-state index >= 15 is 0 Å². The second kappa shape index (κ2) is 10.8. The number of sulfonamides is 3. The summed E-state index contributed by atoms with van der Waals surface area (Å²) in [6.07, 6.45) is 0.883. The maximum absolute atomic E-state index is 13.4. The maximum atomic E-state index is 13.4. The lowest BCUT2D eigenvalue weighted by Crippen LogP contribution is -2.61. The van der Waals surface area contributed by atoms with Crippen molar-refractivity contribution in [1.82, 2.24) is 18.8 Å². The SMILES string of the molecule is CS(=O)(=O)NCCS(=O)(=O)N1CCN(S(=O)(=O)c2ccc(-c3ccc(Cl)cc3)s2)[C@@H](C(=O)NO)C1. The van der Waals surface area contributed by atoms with Crippen LogP contribution in [0.25, 0.3) is 10.4 Å². The minimum Gasteiger partial charge on any atom is -0.289 e. The zero-order valence-electron chi connectivity index (χ0n) is 18.3. The Morgan fingerprint density at radius 3 is 2.34 bits per heavy atom. The number of carbonyl (C=O) groups excluding carboxylic acids is 1. The third kappa shape index (κ3) is 6.78. The number of rotatable bonds is 9. The second-order valence-corrected chi connectivity index (χ2v) is 15.1. The highest BCUT2D eigenvalue weighted by Crippen LogP contribution is 2.34. The van der Waals surface area contributed by atoms with Gasteiger partial charge in [-0.05, 0) is 29.8 Å². The molecule has 12 nitrogen and oxygen atoms in total. The summed E-state index contributed by atoms with van der Waals surface area (Å²) >= 11 is 6.86. The molecule has 2 heterocycles. The molecular formula is C18H23ClN4O8S4. The van der Waals surface area contributed by atoms with E-state index in [0.717, 1.165) is 31.8 Å². The van der Waals surface area contributed by atoms with Crippen molar-refractivity contribution in [2.45, 2.75) is 10.3 Å². The van der Waals surface area contributed by atoms with Crippen molar-refractivity contribution in [2.75, 3.05) is 38.2 Å². The molecule has 2 aromatic rings. The molecule has 0 aliphatic carbocycles. The number of hydroxylamine groups is 1. The topological polar surface area (TPSA) is 170 Å². The summed E-state index contributed by atoms with van der Waals surface area (Å²) in [6, 6.07) is 8.24. The molecule has 0 saturated carbocycles. The first-order valence-corrected chi connectivity index (χ1v) is 16.1. The molecular weight excluding hydrogens is 564 g/mol. The molecule has 0 spiro atoms. The van der Waals surface area contributed by atoms with Gasteiger partial charge in [0.2, 0.25) is 20.0 Å². The molecule has 3 N–H and O–H groups in total. The first-order chi connectivity index (χ1) is 16.2. The highest BCUT2D eigenvalue weighted by atomic mass is 35.5. The number of piperazine rings is 1. The number of amides is 1. The molecule has 1 atom stereocenters. The van der Waals surface area contributed by atoms with Gasteiger partial charge in [0.25, 0.3) is 15.9 Å². The normalized spacial score (nSPS) is 18.4. The molecule has 3 rings (SSSR count). The average molecular weight is 587 g/mol. The predicted molar refractivity (Wildman–Crippen MR) is 131 cm³/mol. The number of nitrogens with zero attached hydrogens (tertiary/aromatic N) is 2. The smallest absolute Gasteiger partial charge is 0.263 e. The minimum atomic E-state index is -4.23. The van der Waals surface area contributed by atoms with Gasteiger partial charge in [0.05, 0.1) is 12.0 Å². The summed E-state index contributed by atoms with van der Waals surface area (Å²) in [4.78, 5) is 13.0. The first-order valence-electron chi connectivity index (χ1n) is 9.98. The molecule has 1 aliphatic rings. The number of carbonyl (C=O) groups is 1. The fourth-order valence-electron chi connectivity index (χ4n) is 3.40. The molecule has 194 valence electrons. The Kier molecular flexibility index (Phi) is 8.61. The summed E-state index contributed by atoms with van der Waals surface area (Å²) < 4.78 is 78.2. The third-order valence-corrected chi connectivity index (χ3v) is 11.4. The largest absolute Gasteiger partial charge is 0.289 e. The first kappa shape index (κ1) is 27.9. The Morgan fingerprint density at radius 1 is 1.09 bits per heavy atom. The van der Waals surface area contributed by atoms with E-state index in [1.807, 2.05) is 0 Å². The van der Waals surface area contributed by atoms with Crippen LogP contribution in [0.15, 0.2) is 40.6 Å². The Morgan fingerprint density at radius 2 is 1.74 bits per heavy atom. The Labute approximate surface area is 212 Å². The lowest BCUT2D eigenvalue weighted by Gasteiger charge is -2.38. The van der Waals surface area contributed by atoms with Crippen molar-refractivity contribution in [2.24, 2.45) is 0 Å². The van der Waals surface area contributed by atoms with Crippen molar-refractivity contribution < 1.29 is 35.3 Å². The average Bonchev–Trinajstić information content (AvgIpc) is 3.29. The predicted octanol–water partition coefficient (Wildman–Crippen LogP) is 0.128. The van der Waals surface area contributed by atoms with Gasteiger partial charge in [-0.3, -0.25) is 10.0 Å². The van der Waals surface area contributed by atoms with Crippen LogP contribution in [0.4, 0.5) is 0 Å². The van der Waals surface area contributed by atoms with Crippen LogP contribution >= 0.6 is 22.9 Å². The Balaban J connectivity index is 1.83. The molecule has 35 heavy (non-hydrogen) atoms. The van der Waals surface area contributed by atoms with Crippen LogP contribution in [0.3, 0.4) is 0 Å². The van der Waals surface area contributed by atoms with Gasteiger partial charge in [-0.15, -0.1) is 11.3 Å². The molecule has 1 aliphatic heterocycles. The number of hydrogen-bond acceptors (Lipinski definition) is 9. The van der Waals surface area contributed by atoms with Crippen molar-refractivity contribution in [3.63, 3.8) is 0 Å². The summed E-state index contributed by atoms with van der Waals surface area (Å²) in [5.74, 6) is -1.69. The summed E-state index contributed by atoms with van der Waals surface area (Å²) in [5.41, 5.74) is 2.13. The van der Waals surface area contributed by atoms with Crippen LogP contribution in [-0.2, 0) is 34.9 Å². The summed E-state index contributed by atoms with van der Waals surface area (Å²) in [5, 5.41) is 9.69. The maximum Gasteiger partial charge on any atom is 0.263 e. The van der Waals surface area contributed by atoms with Crippen molar-refractivity contribution in [1.29, 1.82) is 0 Å². The fourth-order valence-corrected chi connectivity index (χ4v) is 8.48. The van der Waals surface area contributed by atoms with Gasteiger partial charge < -0.3 is 0 Å². The lowest BCUT2D eigenvalue weighted by atomic mass is 10.2. The molecule has 1 aromatic carbocycles. The third-order valence-electron chi connectivity index (χ3n) is 5.10.